The van der Waals surface area contributed by atoms with Crippen LogP contribution in [0.2, 0.25) is 0 Å². The van der Waals surface area contributed by atoms with Gasteiger partial charge in [-0.15, -0.1) is 22.7 Å². The minimum atomic E-state index is -1.05. The predicted octanol–water partition coefficient (Wildman–Crippen LogP) is 6.94. The van der Waals surface area contributed by atoms with E-state index in [1.54, 1.807) is 12.1 Å². The number of aromatic hydroxyl groups is 1. The van der Waals surface area contributed by atoms with Crippen molar-refractivity contribution in [2.45, 2.75) is 13.8 Å². The number of rotatable bonds is 5. The van der Waals surface area contributed by atoms with Gasteiger partial charge in [0.1, 0.15) is 10.8 Å². The van der Waals surface area contributed by atoms with Crippen LogP contribution in [0.5, 0.6) is 5.75 Å². The lowest BCUT2D eigenvalue weighted by molar-refractivity contribution is 0.0691. The normalized spacial score (nSPS) is 11.1. The molecular weight excluding hydrogens is 466 g/mol. The van der Waals surface area contributed by atoms with Crippen LogP contribution in [0, 0.1) is 13.8 Å². The molecule has 0 radical (unpaired) electrons. The zero-order valence-corrected chi connectivity index (χ0v) is 20.0. The van der Waals surface area contributed by atoms with E-state index in [4.69, 9.17) is 5.11 Å². The highest BCUT2D eigenvalue weighted by Gasteiger charge is 2.22. The van der Waals surface area contributed by atoms with Crippen LogP contribution in [0.1, 0.15) is 36.9 Å². The number of thiazole rings is 1. The van der Waals surface area contributed by atoms with Crippen molar-refractivity contribution >= 4 is 44.5 Å². The second kappa shape index (κ2) is 8.52. The number of thiophene rings is 1. The third-order valence-electron chi connectivity index (χ3n) is 5.51. The fraction of sp³-hybridized carbons (Fsp3) is 0.0741. The third-order valence-corrected chi connectivity index (χ3v) is 7.55. The number of aryl methyl sites for hydroxylation is 2. The van der Waals surface area contributed by atoms with Crippen LogP contribution < -0.4 is 0 Å². The number of aromatic nitrogens is 1. The van der Waals surface area contributed by atoms with Crippen LogP contribution in [-0.4, -0.2) is 26.9 Å². The minimum absolute atomic E-state index is 0.0223. The minimum Gasteiger partial charge on any atom is -0.508 e. The summed E-state index contributed by atoms with van der Waals surface area (Å²) in [6.45, 7) is 3.95. The van der Waals surface area contributed by atoms with Gasteiger partial charge in [-0.3, -0.25) is 4.79 Å². The lowest BCUT2D eigenvalue weighted by atomic mass is 9.96. The van der Waals surface area contributed by atoms with Crippen LogP contribution in [0.4, 0.5) is 0 Å². The molecule has 0 aliphatic rings. The standard InChI is InChI=1S/C27H19NO4S2/c1-14-9-15(2)11-18(10-14)24(30)25-23(20-8-7-19(29)12-22(20)34-25)16-3-5-17(6-4-16)26-28-21(13-33-26)27(31)32/h3-13,29H,1-2H3,(H,31,32). The summed E-state index contributed by atoms with van der Waals surface area (Å²) >= 11 is 2.64. The van der Waals surface area contributed by atoms with Crippen LogP contribution in [0.3, 0.4) is 0 Å². The molecule has 7 heteroatoms. The van der Waals surface area contributed by atoms with E-state index < -0.39 is 5.97 Å². The van der Waals surface area contributed by atoms with Crippen molar-refractivity contribution in [2.75, 3.05) is 0 Å². The Bertz CT molecular complexity index is 1560. The number of fused-ring (bicyclic) bond motifs is 1. The van der Waals surface area contributed by atoms with Crippen molar-refractivity contribution in [2.24, 2.45) is 0 Å². The Hall–Kier alpha value is -3.81. The lowest BCUT2D eigenvalue weighted by Crippen LogP contribution is -2.01. The monoisotopic (exact) mass is 485 g/mol. The molecule has 0 fully saturated rings. The quantitative estimate of drug-likeness (QED) is 0.263. The second-order valence-corrected chi connectivity index (χ2v) is 10.0. The van der Waals surface area contributed by atoms with Gasteiger partial charge in [0.2, 0.25) is 5.78 Å². The van der Waals surface area contributed by atoms with E-state index in [9.17, 15) is 14.7 Å². The summed E-state index contributed by atoms with van der Waals surface area (Å²) in [7, 11) is 0. The molecule has 0 atom stereocenters. The number of phenols is 1. The number of benzene rings is 3. The lowest BCUT2D eigenvalue weighted by Gasteiger charge is -2.08. The van der Waals surface area contributed by atoms with Gasteiger partial charge in [0.25, 0.3) is 0 Å². The van der Waals surface area contributed by atoms with Gasteiger partial charge in [-0.1, -0.05) is 41.5 Å². The number of nitrogens with zero attached hydrogens (tertiary/aromatic N) is 1. The Morgan fingerprint density at radius 1 is 0.882 bits per heavy atom. The van der Waals surface area contributed by atoms with Crippen LogP contribution >= 0.6 is 22.7 Å². The molecule has 0 bridgehead atoms. The summed E-state index contributed by atoms with van der Waals surface area (Å²) in [5.41, 5.74) is 5.20. The number of carboxylic acids is 1. The molecule has 3 aromatic carbocycles. The summed E-state index contributed by atoms with van der Waals surface area (Å²) in [5, 5.41) is 22.2. The number of carboxylic acid groups (broad SMARTS) is 1. The Balaban J connectivity index is 1.63. The van der Waals surface area contributed by atoms with E-state index in [-0.39, 0.29) is 17.2 Å². The molecule has 2 aromatic heterocycles. The first-order chi connectivity index (χ1) is 16.3. The smallest absolute Gasteiger partial charge is 0.355 e. The molecule has 2 N–H and O–H groups in total. The van der Waals surface area contributed by atoms with Gasteiger partial charge in [-0.25, -0.2) is 9.78 Å². The Morgan fingerprint density at radius 2 is 1.56 bits per heavy atom. The van der Waals surface area contributed by atoms with Crippen molar-refractivity contribution in [3.05, 3.63) is 93.3 Å². The van der Waals surface area contributed by atoms with Crippen molar-refractivity contribution in [3.63, 3.8) is 0 Å². The molecule has 5 rings (SSSR count). The number of ketones is 1. The van der Waals surface area contributed by atoms with Crippen molar-refractivity contribution in [1.82, 2.24) is 4.98 Å². The maximum Gasteiger partial charge on any atom is 0.355 e. The van der Waals surface area contributed by atoms with Gasteiger partial charge >= 0.3 is 5.97 Å². The topological polar surface area (TPSA) is 87.5 Å². The molecule has 5 aromatic rings. The summed E-state index contributed by atoms with van der Waals surface area (Å²) in [6.07, 6.45) is 0. The van der Waals surface area contributed by atoms with E-state index >= 15 is 0 Å². The number of carbonyl (C=O) groups excluding carboxylic acids is 1. The maximum atomic E-state index is 13.6. The van der Waals surface area contributed by atoms with Crippen molar-refractivity contribution in [1.29, 1.82) is 0 Å². The maximum absolute atomic E-state index is 13.6. The Kier molecular flexibility index (Phi) is 5.51. The molecule has 0 amide bonds. The SMILES string of the molecule is Cc1cc(C)cc(C(=O)c2sc3cc(O)ccc3c2-c2ccc(-c3nc(C(=O)O)cs3)cc2)c1. The van der Waals surface area contributed by atoms with Gasteiger partial charge in [-0.05, 0) is 49.7 Å². The number of hydrogen-bond acceptors (Lipinski definition) is 6. The molecule has 0 unspecified atom stereocenters. The second-order valence-electron chi connectivity index (χ2n) is 8.11. The molecule has 0 saturated heterocycles. The van der Waals surface area contributed by atoms with Crippen molar-refractivity contribution < 1.29 is 19.8 Å². The predicted molar refractivity (Wildman–Crippen MR) is 136 cm³/mol. The molecule has 34 heavy (non-hydrogen) atoms. The summed E-state index contributed by atoms with van der Waals surface area (Å²) in [4.78, 5) is 29.6. The molecule has 0 aliphatic heterocycles. The van der Waals surface area contributed by atoms with Gasteiger partial charge in [0.05, 0.1) is 4.88 Å². The summed E-state index contributed by atoms with van der Waals surface area (Å²) < 4.78 is 0.831. The average Bonchev–Trinajstić information content (AvgIpc) is 3.43. The molecule has 5 nitrogen and oxygen atoms in total. The van der Waals surface area contributed by atoms with Crippen LogP contribution in [0.15, 0.2) is 66.0 Å². The number of aromatic carboxylic acids is 1. The number of hydrogen-bond donors (Lipinski definition) is 2. The zero-order chi connectivity index (χ0) is 24.0. The molecule has 2 heterocycles. The van der Waals surface area contributed by atoms with Gasteiger partial charge < -0.3 is 10.2 Å². The summed E-state index contributed by atoms with van der Waals surface area (Å²) in [5.74, 6) is -0.960. The molecule has 0 saturated carbocycles. The van der Waals surface area contributed by atoms with Crippen LogP contribution in [-0.2, 0) is 0 Å². The van der Waals surface area contributed by atoms with E-state index in [2.05, 4.69) is 4.98 Å². The molecule has 168 valence electrons. The Labute approximate surface area is 203 Å². The highest BCUT2D eigenvalue weighted by molar-refractivity contribution is 7.21. The summed E-state index contributed by atoms with van der Waals surface area (Å²) in [6, 6.07) is 18.6. The molecule has 0 spiro atoms. The third kappa shape index (κ3) is 4.00. The number of phenolic OH excluding ortho intramolecular Hbond substituents is 1. The van der Waals surface area contributed by atoms with Gasteiger partial charge in [0, 0.05) is 32.2 Å². The Morgan fingerprint density at radius 3 is 2.21 bits per heavy atom. The van der Waals surface area contributed by atoms with E-state index in [1.807, 2.05) is 62.4 Å². The van der Waals surface area contributed by atoms with E-state index in [0.717, 1.165) is 37.9 Å². The first-order valence-electron chi connectivity index (χ1n) is 10.5. The van der Waals surface area contributed by atoms with Gasteiger partial charge in [0.15, 0.2) is 5.69 Å². The fourth-order valence-electron chi connectivity index (χ4n) is 4.05. The highest BCUT2D eigenvalue weighted by Crippen LogP contribution is 2.42. The zero-order valence-electron chi connectivity index (χ0n) is 18.3. The van der Waals surface area contributed by atoms with E-state index in [0.29, 0.717) is 15.4 Å². The van der Waals surface area contributed by atoms with E-state index in [1.165, 1.54) is 28.1 Å². The first kappa shape index (κ1) is 22.0. The van der Waals surface area contributed by atoms with Crippen molar-refractivity contribution in [3.8, 4) is 27.4 Å². The van der Waals surface area contributed by atoms with Crippen LogP contribution in [0.25, 0.3) is 31.8 Å². The molecular formula is C27H19NO4S2. The fourth-order valence-corrected chi connectivity index (χ4v) is 6.07. The van der Waals surface area contributed by atoms with Gasteiger partial charge in [-0.2, -0.15) is 0 Å². The largest absolute Gasteiger partial charge is 0.508 e. The molecule has 0 aliphatic carbocycles. The number of carbonyl (C=O) groups is 2. The highest BCUT2D eigenvalue weighted by atomic mass is 32.1. The first-order valence-corrected chi connectivity index (χ1v) is 12.2. The average molecular weight is 486 g/mol.